The summed E-state index contributed by atoms with van der Waals surface area (Å²) in [7, 11) is 0. The molecule has 1 aromatic heterocycles. The Hall–Kier alpha value is -3.20. The summed E-state index contributed by atoms with van der Waals surface area (Å²) < 4.78 is 1.90. The minimum absolute atomic E-state index is 0.0168. The second-order valence-electron chi connectivity index (χ2n) is 8.42. The molecule has 2 aromatic carbocycles. The Morgan fingerprint density at radius 3 is 2.30 bits per heavy atom. The molecule has 0 unspecified atom stereocenters. The van der Waals surface area contributed by atoms with Crippen molar-refractivity contribution in [2.24, 2.45) is 0 Å². The number of hydrogen-bond acceptors (Lipinski definition) is 6. The zero-order valence-corrected chi connectivity index (χ0v) is 19.7. The highest BCUT2D eigenvalue weighted by atomic mass is 32.2. The molecule has 0 spiro atoms. The van der Waals surface area contributed by atoms with Gasteiger partial charge in [-0.2, -0.15) is 0 Å². The normalized spacial score (nSPS) is 19.3. The SMILES string of the molecule is C[C@@H]1CCC[C@H](C)N1C(=O)[C@@H](C)Sc1nnc(-c2ccc([N+](=O)[O-])cc2)n1-c1ccccc1. The summed E-state index contributed by atoms with van der Waals surface area (Å²) in [6.45, 7) is 6.14. The van der Waals surface area contributed by atoms with E-state index >= 15 is 0 Å². The molecule has 172 valence electrons. The quantitative estimate of drug-likeness (QED) is 0.285. The van der Waals surface area contributed by atoms with Crippen molar-refractivity contribution in [1.82, 2.24) is 19.7 Å². The molecule has 8 nitrogen and oxygen atoms in total. The number of thioether (sulfide) groups is 1. The molecule has 0 radical (unpaired) electrons. The molecule has 0 N–H and O–H groups in total. The van der Waals surface area contributed by atoms with E-state index in [9.17, 15) is 14.9 Å². The number of benzene rings is 2. The van der Waals surface area contributed by atoms with Crippen LogP contribution in [0.3, 0.4) is 0 Å². The van der Waals surface area contributed by atoms with Crippen molar-refractivity contribution in [2.45, 2.75) is 62.5 Å². The Labute approximate surface area is 197 Å². The fourth-order valence-electron chi connectivity index (χ4n) is 4.35. The van der Waals surface area contributed by atoms with Crippen LogP contribution in [0.1, 0.15) is 40.0 Å². The average Bonchev–Trinajstić information content (AvgIpc) is 3.22. The Balaban J connectivity index is 1.67. The largest absolute Gasteiger partial charge is 0.336 e. The summed E-state index contributed by atoms with van der Waals surface area (Å²) in [6, 6.07) is 16.4. The van der Waals surface area contributed by atoms with Gasteiger partial charge >= 0.3 is 0 Å². The van der Waals surface area contributed by atoms with Gasteiger partial charge in [0.1, 0.15) is 0 Å². The first-order valence-corrected chi connectivity index (χ1v) is 12.0. The third-order valence-corrected chi connectivity index (χ3v) is 7.09. The molecule has 1 amide bonds. The zero-order valence-electron chi connectivity index (χ0n) is 18.9. The van der Waals surface area contributed by atoms with Crippen molar-refractivity contribution >= 4 is 23.4 Å². The highest BCUT2D eigenvalue weighted by Crippen LogP contribution is 2.33. The molecule has 1 saturated heterocycles. The van der Waals surface area contributed by atoms with Crippen LogP contribution in [0.4, 0.5) is 5.69 Å². The van der Waals surface area contributed by atoms with E-state index in [1.807, 2.05) is 46.7 Å². The molecule has 33 heavy (non-hydrogen) atoms. The van der Waals surface area contributed by atoms with E-state index in [2.05, 4.69) is 24.0 Å². The number of carbonyl (C=O) groups is 1. The monoisotopic (exact) mass is 465 g/mol. The summed E-state index contributed by atoms with van der Waals surface area (Å²) in [6.07, 6.45) is 3.20. The summed E-state index contributed by atoms with van der Waals surface area (Å²) >= 11 is 1.38. The molecule has 1 aliphatic rings. The van der Waals surface area contributed by atoms with Gasteiger partial charge in [-0.3, -0.25) is 19.5 Å². The fourth-order valence-corrected chi connectivity index (χ4v) is 5.27. The number of likely N-dealkylation sites (tertiary alicyclic amines) is 1. The van der Waals surface area contributed by atoms with Gasteiger partial charge in [-0.25, -0.2) is 0 Å². The highest BCUT2D eigenvalue weighted by Gasteiger charge is 2.33. The van der Waals surface area contributed by atoms with Crippen LogP contribution in [-0.2, 0) is 4.79 Å². The van der Waals surface area contributed by atoms with Crippen molar-refractivity contribution in [3.05, 3.63) is 64.7 Å². The first kappa shape index (κ1) is 23.0. The van der Waals surface area contributed by atoms with Crippen LogP contribution in [-0.4, -0.2) is 47.8 Å². The van der Waals surface area contributed by atoms with Gasteiger partial charge < -0.3 is 4.90 Å². The third kappa shape index (κ3) is 4.78. The fraction of sp³-hybridized carbons (Fsp3) is 0.375. The molecule has 9 heteroatoms. The topological polar surface area (TPSA) is 94.2 Å². The third-order valence-electron chi connectivity index (χ3n) is 6.06. The molecule has 3 aromatic rings. The average molecular weight is 466 g/mol. The summed E-state index contributed by atoms with van der Waals surface area (Å²) in [5.74, 6) is 0.678. The molecule has 1 fully saturated rings. The number of nitro groups is 1. The number of non-ortho nitro benzene ring substituents is 1. The number of carbonyl (C=O) groups excluding carboxylic acids is 1. The second kappa shape index (κ2) is 9.74. The standard InChI is InChI=1S/C24H27N5O3S/c1-16-8-7-9-17(2)27(16)23(30)18(3)33-24-26-25-22(28(24)20-10-5-4-6-11-20)19-12-14-21(15-13-19)29(31)32/h4-6,10-18H,7-9H2,1-3H3/t16-,17+,18-/m1/s1. The van der Waals surface area contributed by atoms with Crippen LogP contribution in [0.2, 0.25) is 0 Å². The number of amides is 1. The zero-order chi connectivity index (χ0) is 23.5. The highest BCUT2D eigenvalue weighted by molar-refractivity contribution is 8.00. The molecule has 1 aliphatic heterocycles. The lowest BCUT2D eigenvalue weighted by atomic mass is 9.97. The maximum absolute atomic E-state index is 13.3. The van der Waals surface area contributed by atoms with Gasteiger partial charge in [0.2, 0.25) is 5.91 Å². The number of hydrogen-bond donors (Lipinski definition) is 0. The molecule has 0 bridgehead atoms. The van der Waals surface area contributed by atoms with E-state index in [4.69, 9.17) is 0 Å². The number of nitro benzene ring substituents is 1. The van der Waals surface area contributed by atoms with E-state index in [1.54, 1.807) is 12.1 Å². The van der Waals surface area contributed by atoms with Crippen LogP contribution in [0, 0.1) is 10.1 Å². The van der Waals surface area contributed by atoms with Crippen LogP contribution in [0.25, 0.3) is 17.1 Å². The minimum Gasteiger partial charge on any atom is -0.336 e. The van der Waals surface area contributed by atoms with Gasteiger partial charge in [-0.15, -0.1) is 10.2 Å². The molecule has 2 heterocycles. The first-order valence-electron chi connectivity index (χ1n) is 11.1. The molecular weight excluding hydrogens is 438 g/mol. The maximum Gasteiger partial charge on any atom is 0.269 e. The smallest absolute Gasteiger partial charge is 0.269 e. The number of rotatable bonds is 6. The van der Waals surface area contributed by atoms with Crippen molar-refractivity contribution in [1.29, 1.82) is 0 Å². The first-order chi connectivity index (χ1) is 15.9. The maximum atomic E-state index is 13.3. The summed E-state index contributed by atoms with van der Waals surface area (Å²) in [5, 5.41) is 20.1. The number of para-hydroxylation sites is 1. The minimum atomic E-state index is -0.428. The molecule has 0 saturated carbocycles. The van der Waals surface area contributed by atoms with Crippen molar-refractivity contribution < 1.29 is 9.72 Å². The molecule has 3 atom stereocenters. The van der Waals surface area contributed by atoms with Crippen LogP contribution in [0.15, 0.2) is 59.8 Å². The van der Waals surface area contributed by atoms with Crippen molar-refractivity contribution in [3.63, 3.8) is 0 Å². The van der Waals surface area contributed by atoms with E-state index in [0.717, 1.165) is 24.9 Å². The van der Waals surface area contributed by atoms with Crippen LogP contribution in [0.5, 0.6) is 0 Å². The second-order valence-corrected chi connectivity index (χ2v) is 9.72. The van der Waals surface area contributed by atoms with Crippen LogP contribution < -0.4 is 0 Å². The lowest BCUT2D eigenvalue weighted by Crippen LogP contribution is -2.50. The molecular formula is C24H27N5O3S. The lowest BCUT2D eigenvalue weighted by Gasteiger charge is -2.40. The van der Waals surface area contributed by atoms with Crippen LogP contribution >= 0.6 is 11.8 Å². The van der Waals surface area contributed by atoms with Gasteiger partial charge in [0.05, 0.1) is 10.2 Å². The lowest BCUT2D eigenvalue weighted by molar-refractivity contribution is -0.384. The Kier molecular flexibility index (Phi) is 6.78. The Morgan fingerprint density at radius 1 is 1.06 bits per heavy atom. The predicted octanol–water partition coefficient (Wildman–Crippen LogP) is 5.11. The number of nitrogens with zero attached hydrogens (tertiary/aromatic N) is 5. The van der Waals surface area contributed by atoms with Gasteiger partial charge in [0.25, 0.3) is 5.69 Å². The van der Waals surface area contributed by atoms with Crippen molar-refractivity contribution in [3.8, 4) is 17.1 Å². The van der Waals surface area contributed by atoms with Gasteiger partial charge in [0, 0.05) is 35.5 Å². The summed E-state index contributed by atoms with van der Waals surface area (Å²) in [5.41, 5.74) is 1.59. The van der Waals surface area contributed by atoms with Gasteiger partial charge in [-0.05, 0) is 64.3 Å². The molecule has 0 aliphatic carbocycles. The predicted molar refractivity (Wildman–Crippen MR) is 128 cm³/mol. The van der Waals surface area contributed by atoms with Gasteiger partial charge in [-0.1, -0.05) is 30.0 Å². The number of aromatic nitrogens is 3. The van der Waals surface area contributed by atoms with E-state index in [0.29, 0.717) is 16.5 Å². The van der Waals surface area contributed by atoms with E-state index < -0.39 is 4.92 Å². The molecule has 4 rings (SSSR count). The number of piperidine rings is 1. The Morgan fingerprint density at radius 2 is 1.70 bits per heavy atom. The van der Waals surface area contributed by atoms with Crippen molar-refractivity contribution in [2.75, 3.05) is 0 Å². The Bertz CT molecular complexity index is 1120. The van der Waals surface area contributed by atoms with E-state index in [1.165, 1.54) is 23.9 Å². The summed E-state index contributed by atoms with van der Waals surface area (Å²) in [4.78, 5) is 26.0. The van der Waals surface area contributed by atoms with Gasteiger partial charge in [0.15, 0.2) is 11.0 Å². The van der Waals surface area contributed by atoms with E-state index in [-0.39, 0.29) is 28.9 Å².